The first-order valence-corrected chi connectivity index (χ1v) is 6.58. The van der Waals surface area contributed by atoms with Gasteiger partial charge < -0.3 is 0 Å². The average Bonchev–Trinajstić information content (AvgIpc) is 2.50. The SMILES string of the molecule is O=C1C=CC(=O)c2c(-c3ccccc3[N+](=O)[O-])cc(Cl)nc21. The highest BCUT2D eigenvalue weighted by molar-refractivity contribution is 6.31. The predicted molar refractivity (Wildman–Crippen MR) is 79.1 cm³/mol. The number of aromatic nitrogens is 1. The number of rotatable bonds is 2. The van der Waals surface area contributed by atoms with Crippen LogP contribution in [0, 0.1) is 10.1 Å². The van der Waals surface area contributed by atoms with E-state index >= 15 is 0 Å². The number of halogens is 1. The molecule has 22 heavy (non-hydrogen) atoms. The van der Waals surface area contributed by atoms with Crippen LogP contribution in [-0.2, 0) is 0 Å². The average molecular weight is 315 g/mol. The summed E-state index contributed by atoms with van der Waals surface area (Å²) >= 11 is 5.91. The highest BCUT2D eigenvalue weighted by atomic mass is 35.5. The molecule has 0 bridgehead atoms. The molecule has 0 fully saturated rings. The van der Waals surface area contributed by atoms with Gasteiger partial charge in [-0.3, -0.25) is 19.7 Å². The van der Waals surface area contributed by atoms with E-state index in [1.165, 1.54) is 24.3 Å². The zero-order chi connectivity index (χ0) is 15.9. The van der Waals surface area contributed by atoms with E-state index in [1.54, 1.807) is 6.07 Å². The maximum atomic E-state index is 12.1. The Morgan fingerprint density at radius 3 is 2.45 bits per heavy atom. The van der Waals surface area contributed by atoms with Crippen molar-refractivity contribution >= 4 is 28.9 Å². The molecule has 0 spiro atoms. The number of carbonyl (C=O) groups excluding carboxylic acids is 2. The number of allylic oxidation sites excluding steroid dienone is 2. The van der Waals surface area contributed by atoms with Crippen molar-refractivity contribution in [3.05, 3.63) is 69.0 Å². The monoisotopic (exact) mass is 314 g/mol. The number of nitrogens with zero attached hydrogens (tertiary/aromatic N) is 2. The fourth-order valence-electron chi connectivity index (χ4n) is 2.33. The van der Waals surface area contributed by atoms with Gasteiger partial charge in [-0.2, -0.15) is 0 Å². The maximum absolute atomic E-state index is 12.1. The Kier molecular flexibility index (Phi) is 3.30. The molecule has 0 saturated carbocycles. The predicted octanol–water partition coefficient (Wildman–Crippen LogP) is 3.25. The zero-order valence-electron chi connectivity index (χ0n) is 10.9. The standard InChI is InChI=1S/C15H7ClN2O4/c16-13-7-9(8-3-1-2-4-10(8)18(21)22)14-11(19)5-6-12(20)15(14)17-13/h1-7H. The Hall–Kier alpha value is -2.86. The van der Waals surface area contributed by atoms with Crippen molar-refractivity contribution in [3.63, 3.8) is 0 Å². The van der Waals surface area contributed by atoms with Crippen LogP contribution in [0.25, 0.3) is 11.1 Å². The van der Waals surface area contributed by atoms with E-state index in [-0.39, 0.29) is 33.2 Å². The van der Waals surface area contributed by atoms with E-state index in [0.717, 1.165) is 12.2 Å². The lowest BCUT2D eigenvalue weighted by Crippen LogP contribution is -2.15. The molecule has 0 atom stereocenters. The topological polar surface area (TPSA) is 90.2 Å². The van der Waals surface area contributed by atoms with Gasteiger partial charge in [0.25, 0.3) is 5.69 Å². The normalized spacial score (nSPS) is 13.1. The molecule has 2 aromatic rings. The minimum absolute atomic E-state index is 0.0108. The number of para-hydroxylation sites is 1. The first kappa shape index (κ1) is 14.1. The third kappa shape index (κ3) is 2.19. The van der Waals surface area contributed by atoms with E-state index in [4.69, 9.17) is 11.6 Å². The highest BCUT2D eigenvalue weighted by Gasteiger charge is 2.28. The van der Waals surface area contributed by atoms with Gasteiger partial charge in [-0.1, -0.05) is 23.7 Å². The lowest BCUT2D eigenvalue weighted by atomic mass is 9.91. The van der Waals surface area contributed by atoms with E-state index in [9.17, 15) is 19.7 Å². The fraction of sp³-hybridized carbons (Fsp3) is 0. The molecule has 0 radical (unpaired) electrons. The zero-order valence-corrected chi connectivity index (χ0v) is 11.7. The third-order valence-electron chi connectivity index (χ3n) is 3.24. The molecule has 0 aliphatic heterocycles. The van der Waals surface area contributed by atoms with E-state index in [1.807, 2.05) is 0 Å². The van der Waals surface area contributed by atoms with Crippen LogP contribution in [-0.4, -0.2) is 21.5 Å². The first-order valence-electron chi connectivity index (χ1n) is 6.20. The number of benzene rings is 1. The van der Waals surface area contributed by atoms with Gasteiger partial charge >= 0.3 is 0 Å². The van der Waals surface area contributed by atoms with Crippen LogP contribution in [0.5, 0.6) is 0 Å². The van der Waals surface area contributed by atoms with Crippen molar-refractivity contribution in [2.24, 2.45) is 0 Å². The second-order valence-electron chi connectivity index (χ2n) is 4.55. The first-order chi connectivity index (χ1) is 10.5. The summed E-state index contributed by atoms with van der Waals surface area (Å²) in [7, 11) is 0. The van der Waals surface area contributed by atoms with Crippen LogP contribution in [0.4, 0.5) is 5.69 Å². The van der Waals surface area contributed by atoms with Gasteiger partial charge in [0.15, 0.2) is 5.78 Å². The lowest BCUT2D eigenvalue weighted by molar-refractivity contribution is -0.384. The molecule has 0 unspecified atom stereocenters. The Bertz CT molecular complexity index is 874. The molecule has 1 heterocycles. The quantitative estimate of drug-likeness (QED) is 0.482. The Morgan fingerprint density at radius 1 is 1.05 bits per heavy atom. The summed E-state index contributed by atoms with van der Waals surface area (Å²) in [4.78, 5) is 38.5. The number of ketones is 2. The minimum Gasteiger partial charge on any atom is -0.289 e. The van der Waals surface area contributed by atoms with Gasteiger partial charge in [0.2, 0.25) is 5.78 Å². The van der Waals surface area contributed by atoms with Crippen LogP contribution >= 0.6 is 11.6 Å². The van der Waals surface area contributed by atoms with Crippen molar-refractivity contribution in [2.45, 2.75) is 0 Å². The molecule has 0 N–H and O–H groups in total. The minimum atomic E-state index is -0.555. The van der Waals surface area contributed by atoms with Crippen molar-refractivity contribution < 1.29 is 14.5 Å². The molecule has 1 aromatic heterocycles. The lowest BCUT2D eigenvalue weighted by Gasteiger charge is -2.14. The number of pyridine rings is 1. The molecular formula is C15H7ClN2O4. The van der Waals surface area contributed by atoms with Gasteiger partial charge in [-0.25, -0.2) is 4.98 Å². The van der Waals surface area contributed by atoms with Gasteiger partial charge in [-0.05, 0) is 24.3 Å². The summed E-state index contributed by atoms with van der Waals surface area (Å²) in [6.45, 7) is 0. The van der Waals surface area contributed by atoms with Crippen molar-refractivity contribution in [3.8, 4) is 11.1 Å². The molecule has 1 aromatic carbocycles. The van der Waals surface area contributed by atoms with E-state index in [0.29, 0.717) is 0 Å². The van der Waals surface area contributed by atoms with Crippen molar-refractivity contribution in [2.75, 3.05) is 0 Å². The number of fused-ring (bicyclic) bond motifs is 1. The van der Waals surface area contributed by atoms with E-state index in [2.05, 4.69) is 4.98 Å². The van der Waals surface area contributed by atoms with Crippen LogP contribution in [0.1, 0.15) is 20.8 Å². The summed E-state index contributed by atoms with van der Waals surface area (Å²) in [5, 5.41) is 11.2. The Morgan fingerprint density at radius 2 is 1.73 bits per heavy atom. The third-order valence-corrected chi connectivity index (χ3v) is 3.44. The van der Waals surface area contributed by atoms with Crippen LogP contribution in [0.3, 0.4) is 0 Å². The molecular weight excluding hydrogens is 308 g/mol. The highest BCUT2D eigenvalue weighted by Crippen LogP contribution is 2.36. The van der Waals surface area contributed by atoms with Crippen LogP contribution in [0.2, 0.25) is 5.15 Å². The molecule has 7 heteroatoms. The maximum Gasteiger partial charge on any atom is 0.277 e. The van der Waals surface area contributed by atoms with E-state index < -0.39 is 16.5 Å². The van der Waals surface area contributed by atoms with Gasteiger partial charge in [-0.15, -0.1) is 0 Å². The summed E-state index contributed by atoms with van der Waals surface area (Å²) in [5.41, 5.74) is 0.204. The largest absolute Gasteiger partial charge is 0.289 e. The molecule has 0 saturated heterocycles. The molecule has 1 aliphatic carbocycles. The van der Waals surface area contributed by atoms with Crippen molar-refractivity contribution in [1.82, 2.24) is 4.98 Å². The summed E-state index contributed by atoms with van der Waals surface area (Å²) in [6.07, 6.45) is 2.23. The number of hydrogen-bond donors (Lipinski definition) is 0. The molecule has 108 valence electrons. The smallest absolute Gasteiger partial charge is 0.277 e. The van der Waals surface area contributed by atoms with Crippen molar-refractivity contribution in [1.29, 1.82) is 0 Å². The summed E-state index contributed by atoms with van der Waals surface area (Å²) in [5.74, 6) is -0.899. The molecule has 0 amide bonds. The molecule has 3 rings (SSSR count). The Balaban J connectivity index is 2.37. The van der Waals surface area contributed by atoms with Gasteiger partial charge in [0.05, 0.1) is 16.1 Å². The summed E-state index contributed by atoms with van der Waals surface area (Å²) in [6, 6.07) is 7.30. The second kappa shape index (κ2) is 5.16. The number of nitro benzene ring substituents is 1. The number of hydrogen-bond acceptors (Lipinski definition) is 5. The Labute approximate surface area is 129 Å². The molecule has 1 aliphatic rings. The summed E-state index contributed by atoms with van der Waals surface area (Å²) < 4.78 is 0. The number of carbonyl (C=O) groups is 2. The van der Waals surface area contributed by atoms with Crippen LogP contribution in [0.15, 0.2) is 42.5 Å². The van der Waals surface area contributed by atoms with Crippen LogP contribution < -0.4 is 0 Å². The number of nitro groups is 1. The van der Waals surface area contributed by atoms with Gasteiger partial charge in [0.1, 0.15) is 10.8 Å². The second-order valence-corrected chi connectivity index (χ2v) is 4.94. The fourth-order valence-corrected chi connectivity index (χ4v) is 2.52. The molecule has 6 nitrogen and oxygen atoms in total. The van der Waals surface area contributed by atoms with Gasteiger partial charge in [0, 0.05) is 11.6 Å².